The highest BCUT2D eigenvalue weighted by Gasteiger charge is 2.23. The number of aromatic nitrogens is 6. The van der Waals surface area contributed by atoms with Crippen molar-refractivity contribution >= 4 is 116 Å². The predicted molar refractivity (Wildman–Crippen MR) is 386 cm³/mol. The second kappa shape index (κ2) is 23.9. The van der Waals surface area contributed by atoms with E-state index < -0.39 is 7.12 Å². The second-order valence-electron chi connectivity index (χ2n) is 22.8. The number of hydrogen-bond donors (Lipinski definition) is 2. The fraction of sp³-hybridized carbons (Fsp3) is 0. The van der Waals surface area contributed by atoms with Crippen LogP contribution in [0.2, 0.25) is 0 Å². The molecule has 0 saturated heterocycles. The molecule has 6 heterocycles. The normalized spacial score (nSPS) is 11.4. The fourth-order valence-electron chi connectivity index (χ4n) is 13.6. The van der Waals surface area contributed by atoms with Gasteiger partial charge in [0.2, 0.25) is 0 Å². The summed E-state index contributed by atoms with van der Waals surface area (Å²) in [7, 11) is -1.51. The van der Waals surface area contributed by atoms with Crippen molar-refractivity contribution in [2.75, 3.05) is 0 Å². The van der Waals surface area contributed by atoms with Gasteiger partial charge in [-0.1, -0.05) is 218 Å². The molecule has 18 aromatic rings. The lowest BCUT2D eigenvalue weighted by atomic mass is 9.77. The molecule has 0 fully saturated rings. The van der Waals surface area contributed by atoms with Crippen LogP contribution < -0.4 is 5.46 Å². The average Bonchev–Trinajstić information content (AvgIpc) is 1.59. The number of hydrogen-bond acceptors (Lipinski definition) is 4. The third-order valence-electron chi connectivity index (χ3n) is 17.6. The minimum atomic E-state index is -1.51. The van der Waals surface area contributed by atoms with E-state index in [1.165, 1.54) is 76.6 Å². The van der Waals surface area contributed by atoms with Gasteiger partial charge in [0.15, 0.2) is 0 Å². The summed E-state index contributed by atoms with van der Waals surface area (Å²) in [5.74, 6) is 0. The quantitative estimate of drug-likeness (QED) is 0.148. The number of fused-ring (bicyclic) bond motifs is 12. The van der Waals surface area contributed by atoms with Crippen LogP contribution in [0.25, 0.3) is 143 Å². The summed E-state index contributed by atoms with van der Waals surface area (Å²) < 4.78 is 10.2. The Morgan fingerprint density at radius 1 is 0.250 bits per heavy atom. The number of nitrogens with zero attached hydrogens (tertiary/aromatic N) is 6. The molecule has 18 rings (SSSR count). The number of para-hydroxylation sites is 6. The Hall–Kier alpha value is -11.4. The summed E-state index contributed by atoms with van der Waals surface area (Å²) in [6, 6.07) is 105. The van der Waals surface area contributed by atoms with Gasteiger partial charge in [-0.05, 0) is 134 Å². The van der Waals surface area contributed by atoms with Crippen molar-refractivity contribution in [3.8, 4) is 56.1 Å². The summed E-state index contributed by atoms with van der Waals surface area (Å²) in [4.78, 5) is 9.16. The minimum Gasteiger partial charge on any atom is -0.423 e. The topological polar surface area (TPSA) is 86.0 Å². The van der Waals surface area contributed by atoms with Crippen LogP contribution in [0.4, 0.5) is 0 Å². The molecule has 0 radical (unpaired) electrons. The van der Waals surface area contributed by atoms with E-state index in [2.05, 4.69) is 282 Å². The summed E-state index contributed by atoms with van der Waals surface area (Å²) in [5.41, 5.74) is 21.1. The lowest BCUT2D eigenvalue weighted by Crippen LogP contribution is -2.30. The lowest BCUT2D eigenvalue weighted by Gasteiger charge is -2.11. The van der Waals surface area contributed by atoms with Gasteiger partial charge in [-0.15, -0.1) is 0 Å². The van der Waals surface area contributed by atoms with E-state index >= 15 is 0 Å². The zero-order chi connectivity index (χ0) is 61.7. The highest BCUT2D eigenvalue weighted by molar-refractivity contribution is 9.10. The molecule has 10 heteroatoms. The van der Waals surface area contributed by atoms with E-state index in [0.29, 0.717) is 5.46 Å². The van der Waals surface area contributed by atoms with Crippen molar-refractivity contribution in [2.45, 2.75) is 0 Å². The molecule has 0 bridgehead atoms. The maximum atomic E-state index is 9.87. The highest BCUT2D eigenvalue weighted by Crippen LogP contribution is 2.44. The molecule has 436 valence electrons. The molecule has 0 aliphatic rings. The van der Waals surface area contributed by atoms with Crippen molar-refractivity contribution in [1.82, 2.24) is 28.2 Å². The van der Waals surface area contributed by atoms with Gasteiger partial charge in [-0.25, -0.2) is 0 Å². The van der Waals surface area contributed by atoms with Crippen molar-refractivity contribution < 1.29 is 10.0 Å². The van der Waals surface area contributed by atoms with E-state index in [0.717, 1.165) is 71.2 Å². The molecule has 6 aromatic heterocycles. The van der Waals surface area contributed by atoms with E-state index in [-0.39, 0.29) is 0 Å². The number of halogens is 1. The van der Waals surface area contributed by atoms with Gasteiger partial charge in [0.1, 0.15) is 0 Å². The van der Waals surface area contributed by atoms with Gasteiger partial charge in [-0.2, -0.15) is 0 Å². The second-order valence-corrected chi connectivity index (χ2v) is 23.7. The molecule has 0 saturated carbocycles. The van der Waals surface area contributed by atoms with Crippen LogP contribution >= 0.6 is 15.9 Å². The van der Waals surface area contributed by atoms with Gasteiger partial charge < -0.3 is 28.3 Å². The molecule has 12 aromatic carbocycles. The van der Waals surface area contributed by atoms with Crippen molar-refractivity contribution in [3.63, 3.8) is 0 Å². The Balaban J connectivity index is 0.000000120. The van der Waals surface area contributed by atoms with Crippen molar-refractivity contribution in [1.29, 1.82) is 0 Å². The Bertz CT molecular complexity index is 5730. The first-order chi connectivity index (χ1) is 45.5. The molecule has 2 N–H and O–H groups in total. The Morgan fingerprint density at radius 3 is 1.04 bits per heavy atom. The van der Waals surface area contributed by atoms with Gasteiger partial charge in [-0.3, -0.25) is 9.97 Å². The molecule has 0 spiro atoms. The molecule has 0 atom stereocenters. The molecule has 92 heavy (non-hydrogen) atoms. The van der Waals surface area contributed by atoms with Crippen LogP contribution in [0.1, 0.15) is 0 Å². The number of rotatable bonds is 8. The zero-order valence-corrected chi connectivity index (χ0v) is 51.3. The molecule has 0 aliphatic carbocycles. The average molecular weight is 1250 g/mol. The third kappa shape index (κ3) is 9.73. The van der Waals surface area contributed by atoms with Gasteiger partial charge in [0.05, 0.1) is 56.5 Å². The number of pyridine rings is 2. The van der Waals surface area contributed by atoms with E-state index in [1.54, 1.807) is 6.07 Å². The van der Waals surface area contributed by atoms with Gasteiger partial charge in [0.25, 0.3) is 0 Å². The summed E-state index contributed by atoms with van der Waals surface area (Å²) >= 11 is 3.63. The summed E-state index contributed by atoms with van der Waals surface area (Å²) in [6.45, 7) is 0. The van der Waals surface area contributed by atoms with E-state index in [9.17, 15) is 10.0 Å². The first-order valence-electron chi connectivity index (χ1n) is 30.7. The van der Waals surface area contributed by atoms with Crippen LogP contribution in [0.3, 0.4) is 0 Å². The number of benzene rings is 12. The third-order valence-corrected chi connectivity index (χ3v) is 18.2. The molecular weight excluding hydrogens is 1190 g/mol. The first kappa shape index (κ1) is 55.9. The largest absolute Gasteiger partial charge is 0.489 e. The smallest absolute Gasteiger partial charge is 0.423 e. The molecular formula is C82H56BBrN6O2. The minimum absolute atomic E-state index is 0.522. The monoisotopic (exact) mass is 1250 g/mol. The van der Waals surface area contributed by atoms with Gasteiger partial charge in [0, 0.05) is 88.3 Å². The standard InChI is InChI=1S/C41H27N3.C24H18BNO2.C17H11BrN2/c1-3-12-28(13-4-1)29-22-24-31(25-23-29)43-36-19-9-7-16-33(36)40-32(18-11-21-38(40)43)35-26-42-27-39-41(35)34-17-8-10-20-37(34)44(39)30-14-5-2-6-15-30;27-25(28)21-10-6-12-23-24(21)20-9-4-5-11-22(20)26(23)19-15-13-18(14-16-19)17-7-2-1-3-8-17;18-14-10-19-11-16-17(14)13-8-4-5-9-15(13)20(16)12-6-2-1-3-7-12/h1-27H;1-16,27-28H;1-11H. The Kier molecular flexibility index (Phi) is 14.5. The molecule has 0 aliphatic heterocycles. The van der Waals surface area contributed by atoms with Crippen LogP contribution in [-0.2, 0) is 0 Å². The highest BCUT2D eigenvalue weighted by atomic mass is 79.9. The maximum absolute atomic E-state index is 9.87. The predicted octanol–water partition coefficient (Wildman–Crippen LogP) is 19.7. The van der Waals surface area contributed by atoms with E-state index in [4.69, 9.17) is 4.98 Å². The Labute approximate surface area is 539 Å². The first-order valence-corrected chi connectivity index (χ1v) is 31.5. The molecule has 0 amide bonds. The van der Waals surface area contributed by atoms with Gasteiger partial charge >= 0.3 is 7.12 Å². The lowest BCUT2D eigenvalue weighted by molar-refractivity contribution is 0.426. The maximum Gasteiger partial charge on any atom is 0.489 e. The summed E-state index contributed by atoms with van der Waals surface area (Å²) in [6.07, 6.45) is 7.82. The van der Waals surface area contributed by atoms with E-state index in [1.807, 2.05) is 79.4 Å². The Morgan fingerprint density at radius 2 is 0.576 bits per heavy atom. The SMILES string of the molecule is Brc1cncc2c1c1ccccc1n2-c1ccccc1.OB(O)c1cccc2c1c1ccccc1n2-c1ccc(-c2ccccc2)cc1.c1ccc(-c2ccc(-n3c4ccccc4c4c(-c5cncc6c5c5ccccc5n6-c5ccccc5)cccc43)cc2)cc1. The van der Waals surface area contributed by atoms with Crippen molar-refractivity contribution in [2.24, 2.45) is 0 Å². The van der Waals surface area contributed by atoms with Crippen LogP contribution in [0, 0.1) is 0 Å². The van der Waals surface area contributed by atoms with Crippen LogP contribution in [0.15, 0.2) is 333 Å². The molecule has 0 unspecified atom stereocenters. The van der Waals surface area contributed by atoms with Crippen LogP contribution in [0.5, 0.6) is 0 Å². The summed E-state index contributed by atoms with van der Waals surface area (Å²) in [5, 5.41) is 29.0. The molecule has 8 nitrogen and oxygen atoms in total. The van der Waals surface area contributed by atoms with Crippen molar-refractivity contribution in [3.05, 3.63) is 333 Å². The zero-order valence-electron chi connectivity index (χ0n) is 49.7. The van der Waals surface area contributed by atoms with Crippen LogP contribution in [-0.4, -0.2) is 45.4 Å². The fourth-order valence-corrected chi connectivity index (χ4v) is 14.2.